The van der Waals surface area contributed by atoms with E-state index in [2.05, 4.69) is 60.5 Å². The van der Waals surface area contributed by atoms with E-state index in [1.165, 1.54) is 16.7 Å². The Morgan fingerprint density at radius 3 is 2.50 bits per heavy atom. The van der Waals surface area contributed by atoms with Crippen LogP contribution < -0.4 is 5.32 Å². The number of para-hydroxylation sites is 1. The zero-order valence-corrected chi connectivity index (χ0v) is 16.4. The normalized spacial score (nSPS) is 13.3. The number of aromatic nitrogens is 1. The fourth-order valence-corrected chi connectivity index (χ4v) is 3.70. The molecule has 0 atom stereocenters. The maximum Gasteiger partial charge on any atom is 0.272 e. The van der Waals surface area contributed by atoms with Gasteiger partial charge in [-0.1, -0.05) is 56.3 Å². The maximum absolute atomic E-state index is 12.9. The number of hydrogen-bond acceptors (Lipinski definition) is 3. The van der Waals surface area contributed by atoms with Crippen molar-refractivity contribution in [2.75, 3.05) is 11.9 Å². The molecule has 2 aromatic carbocycles. The van der Waals surface area contributed by atoms with E-state index in [4.69, 9.17) is 0 Å². The zero-order chi connectivity index (χ0) is 19.5. The van der Waals surface area contributed by atoms with E-state index >= 15 is 0 Å². The summed E-state index contributed by atoms with van der Waals surface area (Å²) in [7, 11) is 0. The molecule has 0 fully saturated rings. The standard InChI is InChI=1S/C24H25N3O/c1-17(2)21-9-5-6-10-22(21)26-20-11-12-23(25-15-20)24(28)27-14-13-18-7-3-4-8-19(18)16-27/h3-12,15,17,26H,13-14,16H2,1-2H3. The number of carbonyl (C=O) groups excluding carboxylic acids is 1. The summed E-state index contributed by atoms with van der Waals surface area (Å²) in [5.74, 6) is 0.420. The molecule has 0 unspecified atom stereocenters. The number of fused-ring (bicyclic) bond motifs is 1. The molecule has 4 nitrogen and oxygen atoms in total. The molecule has 0 saturated heterocycles. The summed E-state index contributed by atoms with van der Waals surface area (Å²) in [5, 5.41) is 3.43. The molecule has 1 amide bonds. The Labute approximate surface area is 166 Å². The lowest BCUT2D eigenvalue weighted by Crippen LogP contribution is -2.36. The van der Waals surface area contributed by atoms with Crippen molar-refractivity contribution in [3.05, 3.63) is 89.2 Å². The van der Waals surface area contributed by atoms with E-state index in [1.807, 2.05) is 29.2 Å². The van der Waals surface area contributed by atoms with Crippen molar-refractivity contribution in [2.24, 2.45) is 0 Å². The number of nitrogens with one attached hydrogen (secondary N) is 1. The SMILES string of the molecule is CC(C)c1ccccc1Nc1ccc(C(=O)N2CCc3ccccc3C2)nc1. The van der Waals surface area contributed by atoms with Gasteiger partial charge < -0.3 is 10.2 Å². The van der Waals surface area contributed by atoms with Crippen molar-refractivity contribution >= 4 is 17.3 Å². The van der Waals surface area contributed by atoms with Crippen LogP contribution in [0.15, 0.2) is 66.9 Å². The summed E-state index contributed by atoms with van der Waals surface area (Å²) in [6, 6.07) is 20.3. The van der Waals surface area contributed by atoms with Gasteiger partial charge in [-0.3, -0.25) is 4.79 Å². The van der Waals surface area contributed by atoms with E-state index in [9.17, 15) is 4.79 Å². The van der Waals surface area contributed by atoms with E-state index in [-0.39, 0.29) is 5.91 Å². The number of rotatable bonds is 4. The Balaban J connectivity index is 1.47. The van der Waals surface area contributed by atoms with Gasteiger partial charge in [-0.05, 0) is 47.2 Å². The second-order valence-electron chi connectivity index (χ2n) is 7.54. The highest BCUT2D eigenvalue weighted by atomic mass is 16.2. The van der Waals surface area contributed by atoms with Gasteiger partial charge in [-0.15, -0.1) is 0 Å². The fourth-order valence-electron chi connectivity index (χ4n) is 3.70. The molecular weight excluding hydrogens is 346 g/mol. The number of nitrogens with zero attached hydrogens (tertiary/aromatic N) is 2. The van der Waals surface area contributed by atoms with Gasteiger partial charge in [0.1, 0.15) is 5.69 Å². The Morgan fingerprint density at radius 2 is 1.75 bits per heavy atom. The Morgan fingerprint density at radius 1 is 1.00 bits per heavy atom. The smallest absolute Gasteiger partial charge is 0.272 e. The Bertz CT molecular complexity index is 979. The van der Waals surface area contributed by atoms with E-state index < -0.39 is 0 Å². The number of pyridine rings is 1. The molecule has 1 aliphatic heterocycles. The summed E-state index contributed by atoms with van der Waals surface area (Å²) in [4.78, 5) is 19.2. The average molecular weight is 371 g/mol. The number of amides is 1. The lowest BCUT2D eigenvalue weighted by molar-refractivity contribution is 0.0729. The monoisotopic (exact) mass is 371 g/mol. The predicted octanol–water partition coefficient (Wildman–Crippen LogP) is 5.15. The van der Waals surface area contributed by atoms with Gasteiger partial charge in [0.2, 0.25) is 0 Å². The molecule has 2 heterocycles. The highest BCUT2D eigenvalue weighted by molar-refractivity contribution is 5.92. The van der Waals surface area contributed by atoms with Crippen LogP contribution in [-0.4, -0.2) is 22.3 Å². The first kappa shape index (κ1) is 18.2. The molecular formula is C24H25N3O. The second kappa shape index (κ2) is 7.85. The lowest BCUT2D eigenvalue weighted by Gasteiger charge is -2.28. The summed E-state index contributed by atoms with van der Waals surface area (Å²) >= 11 is 0. The minimum Gasteiger partial charge on any atom is -0.354 e. The van der Waals surface area contributed by atoms with E-state index in [0.29, 0.717) is 18.2 Å². The lowest BCUT2D eigenvalue weighted by atomic mass is 10.00. The quantitative estimate of drug-likeness (QED) is 0.690. The number of carbonyl (C=O) groups is 1. The van der Waals surface area contributed by atoms with Gasteiger partial charge >= 0.3 is 0 Å². The van der Waals surface area contributed by atoms with E-state index in [1.54, 1.807) is 6.20 Å². The van der Waals surface area contributed by atoms with Crippen molar-refractivity contribution in [2.45, 2.75) is 32.7 Å². The number of benzene rings is 2. The summed E-state index contributed by atoms with van der Waals surface area (Å²) in [6.07, 6.45) is 2.63. The summed E-state index contributed by atoms with van der Waals surface area (Å²) in [6.45, 7) is 5.74. The minimum absolute atomic E-state index is 0.0105. The van der Waals surface area contributed by atoms with Crippen molar-refractivity contribution in [3.63, 3.8) is 0 Å². The predicted molar refractivity (Wildman–Crippen MR) is 113 cm³/mol. The van der Waals surface area contributed by atoms with Gasteiger partial charge in [0.05, 0.1) is 11.9 Å². The molecule has 0 saturated carbocycles. The van der Waals surface area contributed by atoms with Crippen molar-refractivity contribution < 1.29 is 4.79 Å². The molecule has 1 aromatic heterocycles. The van der Waals surface area contributed by atoms with Crippen LogP contribution in [0, 0.1) is 0 Å². The number of hydrogen-bond donors (Lipinski definition) is 1. The molecule has 0 bridgehead atoms. The third-order valence-corrected chi connectivity index (χ3v) is 5.26. The minimum atomic E-state index is -0.0105. The summed E-state index contributed by atoms with van der Waals surface area (Å²) in [5.41, 5.74) is 6.27. The molecule has 3 aromatic rings. The van der Waals surface area contributed by atoms with Crippen molar-refractivity contribution in [1.29, 1.82) is 0 Å². The van der Waals surface area contributed by atoms with Crippen LogP contribution in [0.3, 0.4) is 0 Å². The molecule has 1 aliphatic rings. The molecule has 142 valence electrons. The zero-order valence-electron chi connectivity index (χ0n) is 16.4. The average Bonchev–Trinajstić information content (AvgIpc) is 2.73. The van der Waals surface area contributed by atoms with Crippen LogP contribution in [0.25, 0.3) is 0 Å². The molecule has 4 heteroatoms. The molecule has 0 radical (unpaired) electrons. The summed E-state index contributed by atoms with van der Waals surface area (Å²) < 4.78 is 0. The fraction of sp³-hybridized carbons (Fsp3) is 0.250. The van der Waals surface area contributed by atoms with Gasteiger partial charge in [0.15, 0.2) is 0 Å². The van der Waals surface area contributed by atoms with Crippen molar-refractivity contribution in [1.82, 2.24) is 9.88 Å². The maximum atomic E-state index is 12.9. The molecule has 28 heavy (non-hydrogen) atoms. The van der Waals surface area contributed by atoms with Crippen LogP contribution in [-0.2, 0) is 13.0 Å². The first-order valence-corrected chi connectivity index (χ1v) is 9.80. The van der Waals surface area contributed by atoms with Crippen LogP contribution in [0.2, 0.25) is 0 Å². The first-order chi connectivity index (χ1) is 13.6. The topological polar surface area (TPSA) is 45.2 Å². The van der Waals surface area contributed by atoms with Crippen LogP contribution in [0.5, 0.6) is 0 Å². The third-order valence-electron chi connectivity index (χ3n) is 5.26. The number of anilines is 2. The van der Waals surface area contributed by atoms with Gasteiger partial charge in [0, 0.05) is 18.8 Å². The van der Waals surface area contributed by atoms with Crippen LogP contribution in [0.4, 0.5) is 11.4 Å². The molecule has 4 rings (SSSR count). The van der Waals surface area contributed by atoms with Crippen LogP contribution >= 0.6 is 0 Å². The molecule has 1 N–H and O–H groups in total. The molecule has 0 spiro atoms. The van der Waals surface area contributed by atoms with E-state index in [0.717, 1.165) is 24.3 Å². The Hall–Kier alpha value is -3.14. The largest absolute Gasteiger partial charge is 0.354 e. The third kappa shape index (κ3) is 3.77. The first-order valence-electron chi connectivity index (χ1n) is 9.80. The second-order valence-corrected chi connectivity index (χ2v) is 7.54. The highest BCUT2D eigenvalue weighted by Crippen LogP contribution is 2.27. The van der Waals surface area contributed by atoms with Crippen LogP contribution in [0.1, 0.15) is 46.9 Å². The van der Waals surface area contributed by atoms with Gasteiger partial charge in [-0.25, -0.2) is 4.98 Å². The molecule has 0 aliphatic carbocycles. The van der Waals surface area contributed by atoms with Gasteiger partial charge in [-0.2, -0.15) is 0 Å². The highest BCUT2D eigenvalue weighted by Gasteiger charge is 2.22. The van der Waals surface area contributed by atoms with Crippen molar-refractivity contribution in [3.8, 4) is 0 Å². The Kier molecular flexibility index (Phi) is 5.11. The van der Waals surface area contributed by atoms with Gasteiger partial charge in [0.25, 0.3) is 5.91 Å².